The molecule has 0 radical (unpaired) electrons. The van der Waals surface area contributed by atoms with Crippen LogP contribution in [0, 0.1) is 5.92 Å². The maximum absolute atomic E-state index is 4.29. The summed E-state index contributed by atoms with van der Waals surface area (Å²) >= 11 is 6.25. The third kappa shape index (κ3) is 3.96. The van der Waals surface area contributed by atoms with Crippen LogP contribution in [-0.4, -0.2) is 11.5 Å². The minimum Gasteiger partial charge on any atom is -0.179 e. The highest BCUT2D eigenvalue weighted by Gasteiger charge is 2.02. The Morgan fingerprint density at radius 2 is 1.83 bits per heavy atom. The first-order valence-electron chi connectivity index (χ1n) is 6.52. The van der Waals surface area contributed by atoms with Gasteiger partial charge in [0.15, 0.2) is 0 Å². The average Bonchev–Trinajstić information content (AvgIpc) is 2.39. The van der Waals surface area contributed by atoms with Crippen molar-refractivity contribution in [3.05, 3.63) is 42.5 Å². The second-order valence-electron chi connectivity index (χ2n) is 4.76. The fraction of sp³-hybridized carbons (Fsp3) is 0.375. The molecule has 0 N–H and O–H groups in total. The van der Waals surface area contributed by atoms with Gasteiger partial charge in [-0.1, -0.05) is 37.3 Å². The number of benzene rings is 2. The molecule has 2 rings (SSSR count). The van der Waals surface area contributed by atoms with Gasteiger partial charge in [-0.2, -0.15) is 12.6 Å². The zero-order chi connectivity index (χ0) is 12.8. The molecule has 0 bridgehead atoms. The molecule has 0 heterocycles. The lowest BCUT2D eigenvalue weighted by Crippen LogP contribution is -1.97. The Morgan fingerprint density at radius 3 is 2.61 bits per heavy atom. The summed E-state index contributed by atoms with van der Waals surface area (Å²) in [5.41, 5.74) is 0. The summed E-state index contributed by atoms with van der Waals surface area (Å²) in [7, 11) is 0. The first-order chi connectivity index (χ1) is 8.79. The summed E-state index contributed by atoms with van der Waals surface area (Å²) in [6, 6.07) is 15.3. The van der Waals surface area contributed by atoms with E-state index in [-0.39, 0.29) is 0 Å². The molecule has 96 valence electrons. The van der Waals surface area contributed by atoms with E-state index in [1.54, 1.807) is 0 Å². The lowest BCUT2D eigenvalue weighted by atomic mass is 10.1. The van der Waals surface area contributed by atoms with Crippen molar-refractivity contribution >= 4 is 35.2 Å². The monoisotopic (exact) mass is 276 g/mol. The predicted molar refractivity (Wildman–Crippen MR) is 86.9 cm³/mol. The molecule has 18 heavy (non-hydrogen) atoms. The maximum atomic E-state index is 4.29. The van der Waals surface area contributed by atoms with E-state index in [9.17, 15) is 0 Å². The van der Waals surface area contributed by atoms with Gasteiger partial charge in [-0.15, -0.1) is 11.8 Å². The number of rotatable bonds is 6. The molecular weight excluding hydrogens is 256 g/mol. The van der Waals surface area contributed by atoms with Crippen LogP contribution in [-0.2, 0) is 0 Å². The lowest BCUT2D eigenvalue weighted by Gasteiger charge is -2.09. The van der Waals surface area contributed by atoms with Crippen LogP contribution in [0.2, 0.25) is 0 Å². The average molecular weight is 276 g/mol. The fourth-order valence-electron chi connectivity index (χ4n) is 2.00. The predicted octanol–water partition coefficient (Wildman–Crippen LogP) is 5.28. The minimum absolute atomic E-state index is 0.787. The Labute approximate surface area is 120 Å². The number of hydrogen-bond acceptors (Lipinski definition) is 2. The molecule has 1 atom stereocenters. The number of thioether (sulfide) groups is 1. The van der Waals surface area contributed by atoms with Gasteiger partial charge in [0.1, 0.15) is 0 Å². The van der Waals surface area contributed by atoms with Crippen LogP contribution in [0.5, 0.6) is 0 Å². The van der Waals surface area contributed by atoms with Crippen molar-refractivity contribution in [1.82, 2.24) is 0 Å². The highest BCUT2D eigenvalue weighted by atomic mass is 32.2. The smallest absolute Gasteiger partial charge is 0.00783 e. The van der Waals surface area contributed by atoms with Gasteiger partial charge < -0.3 is 0 Å². The molecule has 0 aliphatic carbocycles. The summed E-state index contributed by atoms with van der Waals surface area (Å²) in [5.74, 6) is 2.99. The van der Waals surface area contributed by atoms with E-state index in [2.05, 4.69) is 62.0 Å². The van der Waals surface area contributed by atoms with Crippen molar-refractivity contribution in [2.45, 2.75) is 24.7 Å². The quantitative estimate of drug-likeness (QED) is 0.553. The molecular formula is C16H20S2. The van der Waals surface area contributed by atoms with Gasteiger partial charge in [-0.05, 0) is 53.2 Å². The van der Waals surface area contributed by atoms with E-state index in [0.29, 0.717) is 0 Å². The molecule has 0 aliphatic rings. The van der Waals surface area contributed by atoms with Crippen molar-refractivity contribution in [3.8, 4) is 0 Å². The molecule has 1 unspecified atom stereocenters. The summed E-state index contributed by atoms with van der Waals surface area (Å²) < 4.78 is 0. The normalized spacial score (nSPS) is 12.8. The molecule has 0 aromatic heterocycles. The molecule has 0 saturated carbocycles. The fourth-order valence-corrected chi connectivity index (χ4v) is 3.57. The Balaban J connectivity index is 1.91. The standard InChI is InChI=1S/C16H20S2/c1-13(8-10-17)9-11-18-16-7-6-14-4-2-3-5-15(14)12-16/h2-7,12-13,17H,8-11H2,1H3. The lowest BCUT2D eigenvalue weighted by molar-refractivity contribution is 0.554. The highest BCUT2D eigenvalue weighted by molar-refractivity contribution is 7.99. The molecule has 0 fully saturated rings. The van der Waals surface area contributed by atoms with Gasteiger partial charge in [-0.25, -0.2) is 0 Å². The van der Waals surface area contributed by atoms with Gasteiger partial charge >= 0.3 is 0 Å². The Morgan fingerprint density at radius 1 is 1.06 bits per heavy atom. The van der Waals surface area contributed by atoms with E-state index >= 15 is 0 Å². The van der Waals surface area contributed by atoms with Crippen LogP contribution in [0.1, 0.15) is 19.8 Å². The Bertz CT molecular complexity index is 493. The van der Waals surface area contributed by atoms with Crippen LogP contribution in [0.15, 0.2) is 47.4 Å². The highest BCUT2D eigenvalue weighted by Crippen LogP contribution is 2.25. The van der Waals surface area contributed by atoms with E-state index in [4.69, 9.17) is 0 Å². The molecule has 0 nitrogen and oxygen atoms in total. The van der Waals surface area contributed by atoms with E-state index < -0.39 is 0 Å². The summed E-state index contributed by atoms with van der Waals surface area (Å²) in [6.45, 7) is 2.32. The van der Waals surface area contributed by atoms with Gasteiger partial charge in [0.2, 0.25) is 0 Å². The molecule has 2 aromatic carbocycles. The van der Waals surface area contributed by atoms with Crippen molar-refractivity contribution in [3.63, 3.8) is 0 Å². The molecule has 0 saturated heterocycles. The van der Waals surface area contributed by atoms with E-state index in [1.807, 2.05) is 11.8 Å². The van der Waals surface area contributed by atoms with Gasteiger partial charge in [0.05, 0.1) is 0 Å². The number of hydrogen-bond donors (Lipinski definition) is 1. The minimum atomic E-state index is 0.787. The molecule has 0 aliphatic heterocycles. The Hall–Kier alpha value is -0.600. The van der Waals surface area contributed by atoms with Crippen LogP contribution in [0.4, 0.5) is 0 Å². The third-order valence-electron chi connectivity index (χ3n) is 3.22. The van der Waals surface area contributed by atoms with Crippen molar-refractivity contribution in [2.24, 2.45) is 5.92 Å². The third-order valence-corrected chi connectivity index (χ3v) is 4.51. The van der Waals surface area contributed by atoms with Crippen LogP contribution < -0.4 is 0 Å². The van der Waals surface area contributed by atoms with Crippen molar-refractivity contribution in [1.29, 1.82) is 0 Å². The number of thiol groups is 1. The van der Waals surface area contributed by atoms with Gasteiger partial charge in [0.25, 0.3) is 0 Å². The zero-order valence-corrected chi connectivity index (χ0v) is 12.5. The van der Waals surface area contributed by atoms with Crippen LogP contribution >= 0.6 is 24.4 Å². The van der Waals surface area contributed by atoms with Crippen molar-refractivity contribution in [2.75, 3.05) is 11.5 Å². The van der Waals surface area contributed by atoms with Crippen molar-refractivity contribution < 1.29 is 0 Å². The van der Waals surface area contributed by atoms with E-state index in [0.717, 1.165) is 11.7 Å². The summed E-state index contributed by atoms with van der Waals surface area (Å²) in [5, 5.41) is 2.66. The zero-order valence-electron chi connectivity index (χ0n) is 10.8. The number of fused-ring (bicyclic) bond motifs is 1. The topological polar surface area (TPSA) is 0 Å². The molecule has 2 heteroatoms. The second-order valence-corrected chi connectivity index (χ2v) is 6.38. The first-order valence-corrected chi connectivity index (χ1v) is 8.14. The van der Waals surface area contributed by atoms with Crippen LogP contribution in [0.25, 0.3) is 10.8 Å². The molecule has 0 spiro atoms. The van der Waals surface area contributed by atoms with Crippen LogP contribution in [0.3, 0.4) is 0 Å². The van der Waals surface area contributed by atoms with Gasteiger partial charge in [-0.3, -0.25) is 0 Å². The first kappa shape index (κ1) is 13.8. The van der Waals surface area contributed by atoms with E-state index in [1.165, 1.54) is 34.3 Å². The largest absolute Gasteiger partial charge is 0.179 e. The maximum Gasteiger partial charge on any atom is 0.00783 e. The summed E-state index contributed by atoms with van der Waals surface area (Å²) in [4.78, 5) is 1.38. The summed E-state index contributed by atoms with van der Waals surface area (Å²) in [6.07, 6.45) is 2.50. The Kier molecular flexibility index (Phi) is 5.45. The van der Waals surface area contributed by atoms with Gasteiger partial charge in [0, 0.05) is 4.90 Å². The second kappa shape index (κ2) is 7.10. The molecule has 2 aromatic rings. The SMILES string of the molecule is CC(CCS)CCSc1ccc2ccccc2c1. The molecule has 0 amide bonds.